The molecule has 1 aliphatic heterocycles. The zero-order chi connectivity index (χ0) is 25.9. The highest BCUT2D eigenvalue weighted by atomic mass is 16.3. The van der Waals surface area contributed by atoms with Crippen molar-refractivity contribution >= 4 is 33.3 Å². The zero-order valence-corrected chi connectivity index (χ0v) is 22.1. The van der Waals surface area contributed by atoms with E-state index in [9.17, 15) is 0 Å². The van der Waals surface area contributed by atoms with Crippen LogP contribution in [0.3, 0.4) is 0 Å². The van der Waals surface area contributed by atoms with Crippen molar-refractivity contribution < 1.29 is 4.42 Å². The summed E-state index contributed by atoms with van der Waals surface area (Å²) in [7, 11) is 0. The monoisotopic (exact) mass is 506 g/mol. The lowest BCUT2D eigenvalue weighted by Gasteiger charge is -2.23. The van der Waals surface area contributed by atoms with Gasteiger partial charge in [0.15, 0.2) is 0 Å². The molecule has 0 saturated heterocycles. The summed E-state index contributed by atoms with van der Waals surface area (Å²) >= 11 is 0. The van der Waals surface area contributed by atoms with Crippen LogP contribution in [0.15, 0.2) is 95.5 Å². The number of nitrogens with one attached hydrogen (secondary N) is 1. The highest BCUT2D eigenvalue weighted by Gasteiger charge is 2.24. The minimum atomic E-state index is 0.817. The van der Waals surface area contributed by atoms with Gasteiger partial charge in [-0.15, -0.1) is 0 Å². The maximum absolute atomic E-state index is 6.51. The number of aromatic nitrogens is 1. The number of rotatable bonds is 3. The van der Waals surface area contributed by atoms with E-state index in [1.54, 1.807) is 0 Å². The molecule has 2 aromatic heterocycles. The number of benzene rings is 4. The van der Waals surface area contributed by atoms with Gasteiger partial charge in [0.25, 0.3) is 0 Å². The van der Waals surface area contributed by atoms with Crippen LogP contribution in [0.5, 0.6) is 0 Å². The highest BCUT2D eigenvalue weighted by Crippen LogP contribution is 2.48. The molecule has 1 aliphatic carbocycles. The van der Waals surface area contributed by atoms with E-state index in [-0.39, 0.29) is 0 Å². The Bertz CT molecular complexity index is 1890. The lowest BCUT2D eigenvalue weighted by atomic mass is 9.86. The molecule has 3 heteroatoms. The summed E-state index contributed by atoms with van der Waals surface area (Å²) in [6, 6.07) is 30.5. The molecular weight excluding hydrogens is 476 g/mol. The predicted molar refractivity (Wildman–Crippen MR) is 162 cm³/mol. The first-order valence-electron chi connectivity index (χ1n) is 14.1. The molecule has 1 saturated carbocycles. The van der Waals surface area contributed by atoms with Gasteiger partial charge in [-0.25, -0.2) is 0 Å². The van der Waals surface area contributed by atoms with Crippen molar-refractivity contribution in [3.63, 3.8) is 0 Å². The molecule has 0 amide bonds. The Labute approximate surface area is 228 Å². The number of hydrogen-bond donors (Lipinski definition) is 1. The summed E-state index contributed by atoms with van der Waals surface area (Å²) in [5, 5.41) is 6.07. The molecule has 6 aromatic rings. The van der Waals surface area contributed by atoms with E-state index in [0.29, 0.717) is 0 Å². The standard InChI is InChI=1S/C36H30N2O/c1-22-28-21-30-26-10-5-7-13-34(26)39-36(30)35(22)27-11-4-6-12-31(27)38-32-15-14-25(20-29(28)32)33-19-24(16-17-37-33)18-23-8-2-3-9-23/h4-7,10-17,19-21,23,38H,2-3,8-9,18H2,1H3. The van der Waals surface area contributed by atoms with Crippen molar-refractivity contribution in [3.8, 4) is 33.5 Å². The maximum Gasteiger partial charge on any atom is 0.143 e. The van der Waals surface area contributed by atoms with Crippen molar-refractivity contribution in [2.24, 2.45) is 5.92 Å². The van der Waals surface area contributed by atoms with E-state index in [0.717, 1.165) is 68.0 Å². The van der Waals surface area contributed by atoms with Crippen LogP contribution in [0.25, 0.3) is 55.4 Å². The lowest BCUT2D eigenvalue weighted by Crippen LogP contribution is -2.02. The van der Waals surface area contributed by atoms with Gasteiger partial charge in [0.05, 0.1) is 5.69 Å². The van der Waals surface area contributed by atoms with Gasteiger partial charge in [-0.2, -0.15) is 0 Å². The number of furan rings is 1. The molecule has 0 atom stereocenters. The van der Waals surface area contributed by atoms with Crippen LogP contribution in [-0.4, -0.2) is 4.98 Å². The smallest absolute Gasteiger partial charge is 0.143 e. The second kappa shape index (κ2) is 8.84. The Morgan fingerprint density at radius 2 is 1.62 bits per heavy atom. The third-order valence-corrected chi connectivity index (χ3v) is 8.82. The molecule has 4 aromatic carbocycles. The van der Waals surface area contributed by atoms with E-state index in [2.05, 4.69) is 91.1 Å². The van der Waals surface area contributed by atoms with Crippen LogP contribution < -0.4 is 5.32 Å². The van der Waals surface area contributed by atoms with E-state index < -0.39 is 0 Å². The van der Waals surface area contributed by atoms with Gasteiger partial charge in [-0.3, -0.25) is 4.98 Å². The SMILES string of the molecule is Cc1c2cc3c(oc4ccccc43)c1-c1ccccc1Nc1ccc(-c3cc(CC4CCCC4)ccn3)cc1-2. The Balaban J connectivity index is 1.35. The van der Waals surface area contributed by atoms with Crippen LogP contribution in [0.4, 0.5) is 11.4 Å². The molecule has 3 heterocycles. The van der Waals surface area contributed by atoms with Crippen molar-refractivity contribution in [3.05, 3.63) is 102 Å². The molecule has 8 rings (SSSR count). The average molecular weight is 507 g/mol. The van der Waals surface area contributed by atoms with Crippen molar-refractivity contribution in [1.82, 2.24) is 4.98 Å². The molecule has 39 heavy (non-hydrogen) atoms. The van der Waals surface area contributed by atoms with E-state index >= 15 is 0 Å². The molecule has 0 unspecified atom stereocenters. The molecule has 3 nitrogen and oxygen atoms in total. The molecule has 0 radical (unpaired) electrons. The Hall–Kier alpha value is -4.37. The predicted octanol–water partition coefficient (Wildman–Crippen LogP) is 10.1. The second-order valence-corrected chi connectivity index (χ2v) is 11.2. The van der Waals surface area contributed by atoms with Crippen LogP contribution in [0.1, 0.15) is 36.8 Å². The maximum atomic E-state index is 6.51. The van der Waals surface area contributed by atoms with E-state index in [1.807, 2.05) is 12.3 Å². The van der Waals surface area contributed by atoms with Crippen molar-refractivity contribution in [2.45, 2.75) is 39.0 Å². The summed E-state index contributed by atoms with van der Waals surface area (Å²) in [5.74, 6) is 0.817. The number of nitrogens with zero attached hydrogens (tertiary/aromatic N) is 1. The van der Waals surface area contributed by atoms with Crippen molar-refractivity contribution in [2.75, 3.05) is 5.32 Å². The minimum Gasteiger partial charge on any atom is -0.455 e. The third kappa shape index (κ3) is 3.68. The van der Waals surface area contributed by atoms with Crippen LogP contribution in [0.2, 0.25) is 0 Å². The van der Waals surface area contributed by atoms with Gasteiger partial charge in [-0.1, -0.05) is 68.1 Å². The first-order chi connectivity index (χ1) is 19.2. The normalized spacial score (nSPS) is 14.6. The Kier molecular flexibility index (Phi) is 5.12. The lowest BCUT2D eigenvalue weighted by molar-refractivity contribution is 0.546. The quantitative estimate of drug-likeness (QED) is 0.259. The Morgan fingerprint density at radius 3 is 2.54 bits per heavy atom. The number of fused-ring (bicyclic) bond motifs is 10. The number of para-hydroxylation sites is 2. The zero-order valence-electron chi connectivity index (χ0n) is 22.1. The average Bonchev–Trinajstić information content (AvgIpc) is 3.61. The van der Waals surface area contributed by atoms with Crippen LogP contribution in [0, 0.1) is 12.8 Å². The molecule has 190 valence electrons. The summed E-state index contributed by atoms with van der Waals surface area (Å²) in [5.41, 5.74) is 13.6. The molecular formula is C36H30N2O. The summed E-state index contributed by atoms with van der Waals surface area (Å²) in [6.45, 7) is 2.23. The van der Waals surface area contributed by atoms with Gasteiger partial charge in [0.1, 0.15) is 11.2 Å². The summed E-state index contributed by atoms with van der Waals surface area (Å²) in [6.07, 6.45) is 8.61. The molecule has 2 aliphatic rings. The van der Waals surface area contributed by atoms with Crippen molar-refractivity contribution in [1.29, 1.82) is 0 Å². The Morgan fingerprint density at radius 1 is 0.795 bits per heavy atom. The first kappa shape index (κ1) is 22.6. The van der Waals surface area contributed by atoms with Gasteiger partial charge < -0.3 is 9.73 Å². The largest absolute Gasteiger partial charge is 0.455 e. The first-order valence-corrected chi connectivity index (χ1v) is 14.1. The molecule has 1 fully saturated rings. The number of hydrogen-bond acceptors (Lipinski definition) is 3. The molecule has 0 spiro atoms. The van der Waals surface area contributed by atoms with Crippen LogP contribution >= 0.6 is 0 Å². The van der Waals surface area contributed by atoms with E-state index in [4.69, 9.17) is 9.40 Å². The summed E-state index contributed by atoms with van der Waals surface area (Å²) < 4.78 is 6.51. The van der Waals surface area contributed by atoms with Gasteiger partial charge in [0.2, 0.25) is 0 Å². The second-order valence-electron chi connectivity index (χ2n) is 11.2. The highest BCUT2D eigenvalue weighted by molar-refractivity contribution is 6.14. The van der Waals surface area contributed by atoms with E-state index in [1.165, 1.54) is 47.9 Å². The fraction of sp³-hybridized carbons (Fsp3) is 0.194. The number of pyridine rings is 1. The number of anilines is 2. The van der Waals surface area contributed by atoms with Crippen LogP contribution in [-0.2, 0) is 6.42 Å². The minimum absolute atomic E-state index is 0.817. The van der Waals surface area contributed by atoms with Gasteiger partial charge >= 0.3 is 0 Å². The van der Waals surface area contributed by atoms with Gasteiger partial charge in [-0.05, 0) is 78.4 Å². The molecule has 2 bridgehead atoms. The fourth-order valence-corrected chi connectivity index (χ4v) is 6.85. The molecule has 1 N–H and O–H groups in total. The van der Waals surface area contributed by atoms with Gasteiger partial charge in [0, 0.05) is 50.6 Å². The topological polar surface area (TPSA) is 38.1 Å². The third-order valence-electron chi connectivity index (χ3n) is 8.82. The summed E-state index contributed by atoms with van der Waals surface area (Å²) in [4.78, 5) is 4.81. The fourth-order valence-electron chi connectivity index (χ4n) is 6.85.